The molecule has 0 aliphatic heterocycles. The second-order valence-electron chi connectivity index (χ2n) is 16.4. The molecule has 0 bridgehead atoms. The van der Waals surface area contributed by atoms with Gasteiger partial charge in [0, 0.05) is 16.5 Å². The van der Waals surface area contributed by atoms with Crippen LogP contribution in [0.25, 0.3) is 121 Å². The lowest BCUT2D eigenvalue weighted by atomic mass is 9.88. The second kappa shape index (κ2) is 15.3. The Kier molecular flexibility index (Phi) is 8.88. The van der Waals surface area contributed by atoms with Gasteiger partial charge in [0.1, 0.15) is 0 Å². The minimum absolute atomic E-state index is 0.658. The lowest BCUT2D eigenvalue weighted by Crippen LogP contribution is -1.95. The molecule has 0 fully saturated rings. The molecule has 0 amide bonds. The molecule has 0 aliphatic rings. The van der Waals surface area contributed by atoms with Crippen LogP contribution in [0.15, 0.2) is 224 Å². The Bertz CT molecular complexity index is 3840. The van der Waals surface area contributed by atoms with Crippen molar-refractivity contribution in [3.05, 3.63) is 230 Å². The van der Waals surface area contributed by atoms with Gasteiger partial charge in [0.05, 0.1) is 22.8 Å². The molecule has 3 nitrogen and oxygen atoms in total. The molecule has 0 aliphatic carbocycles. The highest BCUT2D eigenvalue weighted by molar-refractivity contribution is 6.15. The van der Waals surface area contributed by atoms with Crippen LogP contribution in [0.4, 0.5) is 0 Å². The van der Waals surface area contributed by atoms with E-state index < -0.39 is 0 Å². The summed E-state index contributed by atoms with van der Waals surface area (Å²) in [6.07, 6.45) is 0. The van der Waals surface area contributed by atoms with Crippen molar-refractivity contribution in [3.8, 4) is 73.2 Å². The van der Waals surface area contributed by atoms with Crippen molar-refractivity contribution in [2.45, 2.75) is 0 Å². The number of hydrogen-bond acceptors (Lipinski definition) is 3. The molecule has 0 N–H and O–H groups in total. The fraction of sp³-hybridized carbons (Fsp3) is 0. The molecule has 12 rings (SSSR count). The minimum Gasteiger partial charge on any atom is -0.228 e. The van der Waals surface area contributed by atoms with Gasteiger partial charge >= 0.3 is 0 Å². The van der Waals surface area contributed by atoms with Crippen molar-refractivity contribution < 1.29 is 0 Å². The molecule has 0 saturated heterocycles. The summed E-state index contributed by atoms with van der Waals surface area (Å²) in [5, 5.41) is 20.1. The first kappa shape index (κ1) is 37.1. The number of nitrogens with zero attached hydrogens (tertiary/aromatic N) is 3. The topological polar surface area (TPSA) is 49.6 Å². The van der Waals surface area contributed by atoms with Gasteiger partial charge in [-0.15, -0.1) is 0 Å². The number of benzene rings is 11. The summed E-state index contributed by atoms with van der Waals surface area (Å²) in [7, 11) is 0. The molecule has 3 heteroatoms. The van der Waals surface area contributed by atoms with Gasteiger partial charge in [-0.3, -0.25) is 0 Å². The first-order valence-corrected chi connectivity index (χ1v) is 21.6. The van der Waals surface area contributed by atoms with Crippen molar-refractivity contribution in [3.63, 3.8) is 0 Å². The highest BCUT2D eigenvalue weighted by Crippen LogP contribution is 2.42. The first-order valence-electron chi connectivity index (χ1n) is 21.6. The number of fused-ring (bicyclic) bond motifs is 6. The number of para-hydroxylation sites is 1. The van der Waals surface area contributed by atoms with E-state index in [1.807, 2.05) is 30.3 Å². The maximum atomic E-state index is 9.37. The van der Waals surface area contributed by atoms with E-state index in [-0.39, 0.29) is 0 Å². The molecule has 0 spiro atoms. The summed E-state index contributed by atoms with van der Waals surface area (Å²) >= 11 is 0. The predicted octanol–water partition coefficient (Wildman–Crippen LogP) is 16.1. The summed E-state index contributed by atoms with van der Waals surface area (Å²) in [4.78, 5) is 10.4. The van der Waals surface area contributed by atoms with E-state index >= 15 is 0 Å². The van der Waals surface area contributed by atoms with Crippen LogP contribution in [-0.4, -0.2) is 9.97 Å². The fourth-order valence-electron chi connectivity index (χ4n) is 9.65. The Morgan fingerprint density at radius 1 is 0.297 bits per heavy atom. The van der Waals surface area contributed by atoms with Gasteiger partial charge in [0.15, 0.2) is 5.82 Å². The summed E-state index contributed by atoms with van der Waals surface area (Å²) < 4.78 is 0. The molecule has 0 atom stereocenters. The lowest BCUT2D eigenvalue weighted by Gasteiger charge is -2.16. The van der Waals surface area contributed by atoms with Crippen molar-refractivity contribution in [1.82, 2.24) is 9.97 Å². The average Bonchev–Trinajstić information content (AvgIpc) is 3.37. The van der Waals surface area contributed by atoms with Crippen LogP contribution >= 0.6 is 0 Å². The Labute approximate surface area is 370 Å². The summed E-state index contributed by atoms with van der Waals surface area (Å²) in [5.41, 5.74) is 13.8. The number of aromatic nitrogens is 2. The highest BCUT2D eigenvalue weighted by atomic mass is 14.9. The normalized spacial score (nSPS) is 11.4. The Morgan fingerprint density at radius 3 is 1.39 bits per heavy atom. The SMILES string of the molecule is N#Cc1ccc(-c2ccc(-c3ccc(-c4ccc(-c5nc(-c6cccc(-c7cc8ccccc8c8ccccc78)c6)c6ccccc6n5)cc4)c4ccccc34)c3ccccc23)cc1. The van der Waals surface area contributed by atoms with Crippen LogP contribution in [0, 0.1) is 11.3 Å². The Hall–Kier alpha value is -8.71. The van der Waals surface area contributed by atoms with Gasteiger partial charge in [0.25, 0.3) is 0 Å². The zero-order chi connectivity index (χ0) is 42.6. The lowest BCUT2D eigenvalue weighted by molar-refractivity contribution is 1.23. The Morgan fingerprint density at radius 2 is 0.766 bits per heavy atom. The molecule has 11 aromatic carbocycles. The van der Waals surface area contributed by atoms with E-state index in [2.05, 4.69) is 200 Å². The van der Waals surface area contributed by atoms with E-state index in [4.69, 9.17) is 9.97 Å². The van der Waals surface area contributed by atoms with E-state index in [0.717, 1.165) is 50.0 Å². The summed E-state index contributed by atoms with van der Waals surface area (Å²) in [6, 6.07) is 81.8. The van der Waals surface area contributed by atoms with Gasteiger partial charge in [-0.1, -0.05) is 194 Å². The predicted molar refractivity (Wildman–Crippen MR) is 267 cm³/mol. The van der Waals surface area contributed by atoms with Crippen LogP contribution in [0.3, 0.4) is 0 Å². The molecule has 64 heavy (non-hydrogen) atoms. The smallest absolute Gasteiger partial charge is 0.160 e. The van der Waals surface area contributed by atoms with Crippen molar-refractivity contribution >= 4 is 54.0 Å². The largest absolute Gasteiger partial charge is 0.228 e. The second-order valence-corrected chi connectivity index (χ2v) is 16.4. The van der Waals surface area contributed by atoms with Crippen LogP contribution in [0.1, 0.15) is 5.56 Å². The van der Waals surface area contributed by atoms with Gasteiger partial charge in [-0.25, -0.2) is 9.97 Å². The summed E-state index contributed by atoms with van der Waals surface area (Å²) in [5.74, 6) is 0.693. The minimum atomic E-state index is 0.658. The maximum Gasteiger partial charge on any atom is 0.160 e. The molecule has 1 aromatic heterocycles. The van der Waals surface area contributed by atoms with Gasteiger partial charge < -0.3 is 0 Å². The standard InChI is InChI=1S/C61H37N3/c62-38-39-24-26-40(27-25-39)47-32-34-55(52-19-6-3-17-50(47)52)56-35-33-48(51-18-4-7-20-53(51)56)41-28-30-42(31-29-41)61-63-59-23-10-9-22-57(59)60(64-61)45-14-11-13-43(36-45)58-37-44-12-1-2-15-46(44)49-16-5-8-21-54(49)58/h1-37H. The number of hydrogen-bond donors (Lipinski definition) is 0. The molecule has 296 valence electrons. The third-order valence-electron chi connectivity index (χ3n) is 12.7. The molecular weight excluding hydrogens is 775 g/mol. The van der Waals surface area contributed by atoms with E-state index in [9.17, 15) is 5.26 Å². The molecule has 0 radical (unpaired) electrons. The van der Waals surface area contributed by atoms with E-state index in [1.165, 1.54) is 65.3 Å². The molecule has 12 aromatic rings. The molecule has 1 heterocycles. The maximum absolute atomic E-state index is 9.37. The zero-order valence-corrected chi connectivity index (χ0v) is 34.7. The van der Waals surface area contributed by atoms with Crippen LogP contribution in [0.2, 0.25) is 0 Å². The van der Waals surface area contributed by atoms with Gasteiger partial charge in [0.2, 0.25) is 0 Å². The average molecular weight is 812 g/mol. The quantitative estimate of drug-likeness (QED) is 0.157. The van der Waals surface area contributed by atoms with Crippen LogP contribution in [-0.2, 0) is 0 Å². The third kappa shape index (κ3) is 6.28. The molecule has 0 saturated carbocycles. The fourth-order valence-corrected chi connectivity index (χ4v) is 9.65. The zero-order valence-electron chi connectivity index (χ0n) is 34.7. The monoisotopic (exact) mass is 811 g/mol. The first-order chi connectivity index (χ1) is 31.7. The van der Waals surface area contributed by atoms with Crippen LogP contribution in [0.5, 0.6) is 0 Å². The molecular formula is C61H37N3. The van der Waals surface area contributed by atoms with E-state index in [1.54, 1.807) is 0 Å². The van der Waals surface area contributed by atoms with Gasteiger partial charge in [-0.05, 0) is 118 Å². The van der Waals surface area contributed by atoms with E-state index in [0.29, 0.717) is 11.4 Å². The Balaban J connectivity index is 0.921. The van der Waals surface area contributed by atoms with Crippen molar-refractivity contribution in [2.24, 2.45) is 0 Å². The van der Waals surface area contributed by atoms with Crippen LogP contribution < -0.4 is 0 Å². The molecule has 0 unspecified atom stereocenters. The summed E-state index contributed by atoms with van der Waals surface area (Å²) in [6.45, 7) is 0. The third-order valence-corrected chi connectivity index (χ3v) is 12.7. The number of nitriles is 1. The number of rotatable bonds is 6. The van der Waals surface area contributed by atoms with Crippen molar-refractivity contribution in [1.29, 1.82) is 5.26 Å². The highest BCUT2D eigenvalue weighted by Gasteiger charge is 2.17. The van der Waals surface area contributed by atoms with Crippen molar-refractivity contribution in [2.75, 3.05) is 0 Å². The van der Waals surface area contributed by atoms with Gasteiger partial charge in [-0.2, -0.15) is 5.26 Å².